The Morgan fingerprint density at radius 3 is 3.25 bits per heavy atom. The molecule has 1 aromatic rings. The lowest BCUT2D eigenvalue weighted by Crippen LogP contribution is -2.39. The summed E-state index contributed by atoms with van der Waals surface area (Å²) >= 11 is 0. The molecule has 0 amide bonds. The van der Waals surface area contributed by atoms with Gasteiger partial charge in [0.2, 0.25) is 0 Å². The van der Waals surface area contributed by atoms with Gasteiger partial charge >= 0.3 is 0 Å². The number of pyridine rings is 1. The number of nitriles is 1. The fourth-order valence-electron chi connectivity index (χ4n) is 2.19. The Bertz CT molecular complexity index is 396. The van der Waals surface area contributed by atoms with Crippen LogP contribution in [0.4, 0.5) is 5.82 Å². The molecule has 84 valence electrons. The lowest BCUT2D eigenvalue weighted by molar-refractivity contribution is 0.421. The number of anilines is 1. The van der Waals surface area contributed by atoms with E-state index < -0.39 is 0 Å². The van der Waals surface area contributed by atoms with Crippen molar-refractivity contribution in [3.05, 3.63) is 23.9 Å². The van der Waals surface area contributed by atoms with Gasteiger partial charge in [-0.3, -0.25) is 0 Å². The van der Waals surface area contributed by atoms with Gasteiger partial charge in [0.05, 0.1) is 5.56 Å². The minimum atomic E-state index is 0.530. The maximum Gasteiger partial charge on any atom is 0.146 e. The first-order valence-electron chi connectivity index (χ1n) is 5.65. The van der Waals surface area contributed by atoms with Crippen LogP contribution in [0.3, 0.4) is 0 Å². The summed E-state index contributed by atoms with van der Waals surface area (Å²) < 4.78 is 0. The van der Waals surface area contributed by atoms with Crippen LogP contribution < -0.4 is 10.6 Å². The van der Waals surface area contributed by atoms with Crippen LogP contribution in [0.15, 0.2) is 18.3 Å². The zero-order valence-corrected chi connectivity index (χ0v) is 9.26. The summed E-state index contributed by atoms with van der Waals surface area (Å²) in [6.07, 6.45) is 4.05. The molecule has 1 atom stereocenters. The smallest absolute Gasteiger partial charge is 0.146 e. The molecule has 0 bridgehead atoms. The lowest BCUT2D eigenvalue weighted by atomic mass is 9.98. The van der Waals surface area contributed by atoms with Crippen LogP contribution in [0, 0.1) is 17.2 Å². The van der Waals surface area contributed by atoms with Crippen molar-refractivity contribution in [2.24, 2.45) is 11.7 Å². The van der Waals surface area contributed by atoms with Gasteiger partial charge in [-0.1, -0.05) is 0 Å². The van der Waals surface area contributed by atoms with Crippen molar-refractivity contribution in [2.75, 3.05) is 24.5 Å². The molecule has 0 radical (unpaired) electrons. The van der Waals surface area contributed by atoms with Crippen molar-refractivity contribution in [3.63, 3.8) is 0 Å². The van der Waals surface area contributed by atoms with Crippen LogP contribution in [0.25, 0.3) is 0 Å². The van der Waals surface area contributed by atoms with Crippen molar-refractivity contribution in [2.45, 2.75) is 12.8 Å². The molecule has 1 fully saturated rings. The average molecular weight is 216 g/mol. The summed E-state index contributed by atoms with van der Waals surface area (Å²) in [4.78, 5) is 6.48. The Balaban J connectivity index is 2.20. The molecule has 1 aliphatic rings. The van der Waals surface area contributed by atoms with Crippen LogP contribution in [-0.2, 0) is 0 Å². The predicted molar refractivity (Wildman–Crippen MR) is 62.9 cm³/mol. The van der Waals surface area contributed by atoms with E-state index in [1.165, 1.54) is 6.42 Å². The molecule has 0 saturated carbocycles. The van der Waals surface area contributed by atoms with E-state index in [2.05, 4.69) is 16.0 Å². The van der Waals surface area contributed by atoms with Gasteiger partial charge in [0, 0.05) is 19.3 Å². The maximum atomic E-state index is 9.03. The number of nitrogens with zero attached hydrogens (tertiary/aromatic N) is 3. The highest BCUT2D eigenvalue weighted by Gasteiger charge is 2.21. The molecular weight excluding hydrogens is 200 g/mol. The third kappa shape index (κ3) is 2.15. The first-order valence-corrected chi connectivity index (χ1v) is 5.65. The molecule has 0 aliphatic carbocycles. The standard InChI is InChI=1S/C12H16N4/c13-7-10-3-2-6-16(9-10)12-11(8-14)4-1-5-15-12/h1,4-5,10H,2-3,6-7,9,13H2/t10-/m0/s1. The van der Waals surface area contributed by atoms with E-state index in [4.69, 9.17) is 11.0 Å². The largest absolute Gasteiger partial charge is 0.355 e. The molecule has 2 N–H and O–H groups in total. The molecule has 2 heterocycles. The molecule has 1 aliphatic heterocycles. The second kappa shape index (κ2) is 4.95. The third-order valence-electron chi connectivity index (χ3n) is 3.06. The number of hydrogen-bond donors (Lipinski definition) is 1. The van der Waals surface area contributed by atoms with Gasteiger partial charge in [-0.2, -0.15) is 5.26 Å². The number of hydrogen-bond acceptors (Lipinski definition) is 4. The van der Waals surface area contributed by atoms with Crippen molar-refractivity contribution in [1.29, 1.82) is 5.26 Å². The van der Waals surface area contributed by atoms with Crippen LogP contribution in [0.1, 0.15) is 18.4 Å². The second-order valence-electron chi connectivity index (χ2n) is 4.18. The minimum Gasteiger partial charge on any atom is -0.355 e. The molecule has 2 rings (SSSR count). The fraction of sp³-hybridized carbons (Fsp3) is 0.500. The van der Waals surface area contributed by atoms with Gasteiger partial charge in [-0.05, 0) is 37.4 Å². The predicted octanol–water partition coefficient (Wildman–Crippen LogP) is 1.13. The van der Waals surface area contributed by atoms with E-state index in [9.17, 15) is 0 Å². The van der Waals surface area contributed by atoms with Crippen LogP contribution >= 0.6 is 0 Å². The molecule has 1 saturated heterocycles. The van der Waals surface area contributed by atoms with Gasteiger partial charge in [0.25, 0.3) is 0 Å². The summed E-state index contributed by atoms with van der Waals surface area (Å²) in [5.74, 6) is 1.34. The first kappa shape index (κ1) is 10.9. The molecular formula is C12H16N4. The van der Waals surface area contributed by atoms with E-state index >= 15 is 0 Å². The molecule has 0 spiro atoms. The monoisotopic (exact) mass is 216 g/mol. The van der Waals surface area contributed by atoms with Crippen LogP contribution in [0.5, 0.6) is 0 Å². The molecule has 0 unspecified atom stereocenters. The SMILES string of the molecule is N#Cc1cccnc1N1CCC[C@@H](CN)C1. The normalized spacial score (nSPS) is 20.5. The highest BCUT2D eigenvalue weighted by molar-refractivity contribution is 5.53. The van der Waals surface area contributed by atoms with Crippen molar-refractivity contribution in [1.82, 2.24) is 4.98 Å². The second-order valence-corrected chi connectivity index (χ2v) is 4.18. The van der Waals surface area contributed by atoms with E-state index in [1.807, 2.05) is 6.07 Å². The molecule has 4 heteroatoms. The zero-order chi connectivity index (χ0) is 11.4. The van der Waals surface area contributed by atoms with Crippen molar-refractivity contribution >= 4 is 5.82 Å². The number of nitrogens with two attached hydrogens (primary N) is 1. The van der Waals surface area contributed by atoms with Gasteiger partial charge in [0.1, 0.15) is 11.9 Å². The molecule has 0 aromatic carbocycles. The Kier molecular flexibility index (Phi) is 3.37. The zero-order valence-electron chi connectivity index (χ0n) is 9.26. The molecule has 4 nitrogen and oxygen atoms in total. The van der Waals surface area contributed by atoms with Gasteiger partial charge in [-0.25, -0.2) is 4.98 Å². The highest BCUT2D eigenvalue weighted by atomic mass is 15.2. The number of piperidine rings is 1. The average Bonchev–Trinajstić information content (AvgIpc) is 2.38. The Morgan fingerprint density at radius 2 is 2.50 bits per heavy atom. The summed E-state index contributed by atoms with van der Waals surface area (Å²) in [5.41, 5.74) is 6.35. The third-order valence-corrected chi connectivity index (χ3v) is 3.06. The fourth-order valence-corrected chi connectivity index (χ4v) is 2.19. The van der Waals surface area contributed by atoms with Gasteiger partial charge < -0.3 is 10.6 Å². The van der Waals surface area contributed by atoms with E-state index in [1.54, 1.807) is 12.3 Å². The maximum absolute atomic E-state index is 9.03. The summed E-state index contributed by atoms with van der Waals surface area (Å²) in [5, 5.41) is 9.03. The Labute approximate surface area is 95.7 Å². The quantitative estimate of drug-likeness (QED) is 0.804. The summed E-state index contributed by atoms with van der Waals surface area (Å²) in [7, 11) is 0. The van der Waals surface area contributed by atoms with Crippen molar-refractivity contribution < 1.29 is 0 Å². The van der Waals surface area contributed by atoms with E-state index in [0.29, 0.717) is 18.0 Å². The van der Waals surface area contributed by atoms with E-state index in [-0.39, 0.29) is 0 Å². The number of aromatic nitrogens is 1. The highest BCUT2D eigenvalue weighted by Crippen LogP contribution is 2.23. The van der Waals surface area contributed by atoms with Gasteiger partial charge in [0.15, 0.2) is 0 Å². The molecule has 16 heavy (non-hydrogen) atoms. The Morgan fingerprint density at radius 1 is 1.62 bits per heavy atom. The molecule has 1 aromatic heterocycles. The summed E-state index contributed by atoms with van der Waals surface area (Å²) in [6.45, 7) is 2.61. The first-order chi connectivity index (χ1) is 7.85. The topological polar surface area (TPSA) is 65.9 Å². The number of rotatable bonds is 2. The van der Waals surface area contributed by atoms with Crippen LogP contribution in [0.2, 0.25) is 0 Å². The van der Waals surface area contributed by atoms with Crippen LogP contribution in [-0.4, -0.2) is 24.6 Å². The van der Waals surface area contributed by atoms with Crippen molar-refractivity contribution in [3.8, 4) is 6.07 Å². The van der Waals surface area contributed by atoms with Gasteiger partial charge in [-0.15, -0.1) is 0 Å². The summed E-state index contributed by atoms with van der Waals surface area (Å²) in [6, 6.07) is 5.80. The van der Waals surface area contributed by atoms with E-state index in [0.717, 1.165) is 25.3 Å². The lowest BCUT2D eigenvalue weighted by Gasteiger charge is -2.33. The minimum absolute atomic E-state index is 0.530. The Hall–Kier alpha value is -1.60.